The lowest BCUT2D eigenvalue weighted by Gasteiger charge is -2.03. The molecule has 1 heterocycles. The number of phenols is 1. The molecule has 0 unspecified atom stereocenters. The molecule has 0 aliphatic rings. The van der Waals surface area contributed by atoms with Crippen LogP contribution in [-0.4, -0.2) is 26.7 Å². The third-order valence-electron chi connectivity index (χ3n) is 3.17. The van der Waals surface area contributed by atoms with Gasteiger partial charge in [-0.25, -0.2) is 0 Å². The van der Waals surface area contributed by atoms with Crippen molar-refractivity contribution in [2.45, 2.75) is 20.3 Å². The van der Waals surface area contributed by atoms with E-state index >= 15 is 0 Å². The maximum absolute atomic E-state index is 10.0. The van der Waals surface area contributed by atoms with Crippen molar-refractivity contribution in [2.24, 2.45) is 0 Å². The molecule has 1 aromatic heterocycles. The SMILES string of the molecule is CCCOc1ccc2nn(-c3ccc(C)cc3O)nc2c1. The first-order valence-corrected chi connectivity index (χ1v) is 6.97. The molecule has 0 spiro atoms. The minimum Gasteiger partial charge on any atom is -0.506 e. The number of aromatic nitrogens is 3. The van der Waals surface area contributed by atoms with Crippen molar-refractivity contribution in [3.05, 3.63) is 42.0 Å². The van der Waals surface area contributed by atoms with Crippen LogP contribution in [0.4, 0.5) is 0 Å². The number of hydrogen-bond donors (Lipinski definition) is 1. The first-order chi connectivity index (χ1) is 10.2. The van der Waals surface area contributed by atoms with Gasteiger partial charge in [0.15, 0.2) is 0 Å². The molecule has 2 aromatic carbocycles. The third-order valence-corrected chi connectivity index (χ3v) is 3.17. The molecule has 0 radical (unpaired) electrons. The van der Waals surface area contributed by atoms with E-state index in [9.17, 15) is 5.11 Å². The van der Waals surface area contributed by atoms with Crippen LogP contribution in [0.2, 0.25) is 0 Å². The molecule has 5 nitrogen and oxygen atoms in total. The Balaban J connectivity index is 2.00. The summed E-state index contributed by atoms with van der Waals surface area (Å²) in [4.78, 5) is 1.45. The Morgan fingerprint density at radius 3 is 2.67 bits per heavy atom. The number of aromatic hydroxyl groups is 1. The fraction of sp³-hybridized carbons (Fsp3) is 0.250. The lowest BCUT2D eigenvalue weighted by atomic mass is 10.2. The Kier molecular flexibility index (Phi) is 3.48. The van der Waals surface area contributed by atoms with E-state index in [1.807, 2.05) is 31.2 Å². The fourth-order valence-corrected chi connectivity index (χ4v) is 2.11. The van der Waals surface area contributed by atoms with Gasteiger partial charge in [0.2, 0.25) is 0 Å². The molecule has 0 amide bonds. The van der Waals surface area contributed by atoms with Gasteiger partial charge in [-0.05, 0) is 43.2 Å². The Morgan fingerprint density at radius 1 is 1.10 bits per heavy atom. The van der Waals surface area contributed by atoms with Crippen LogP contribution < -0.4 is 4.74 Å². The normalized spacial score (nSPS) is 11.0. The third kappa shape index (κ3) is 2.67. The van der Waals surface area contributed by atoms with E-state index in [1.54, 1.807) is 12.1 Å². The second kappa shape index (κ2) is 5.44. The van der Waals surface area contributed by atoms with Gasteiger partial charge in [0.05, 0.1) is 6.61 Å². The summed E-state index contributed by atoms with van der Waals surface area (Å²) < 4.78 is 5.59. The van der Waals surface area contributed by atoms with Crippen molar-refractivity contribution in [3.63, 3.8) is 0 Å². The number of hydrogen-bond acceptors (Lipinski definition) is 4. The zero-order valence-corrected chi connectivity index (χ0v) is 12.1. The molecule has 3 aromatic rings. The van der Waals surface area contributed by atoms with E-state index in [0.29, 0.717) is 12.3 Å². The number of nitrogens with zero attached hydrogens (tertiary/aromatic N) is 3. The molecule has 0 saturated carbocycles. The van der Waals surface area contributed by atoms with Crippen LogP contribution in [0, 0.1) is 6.92 Å². The van der Waals surface area contributed by atoms with E-state index < -0.39 is 0 Å². The molecular weight excluding hydrogens is 266 g/mol. The zero-order chi connectivity index (χ0) is 14.8. The first kappa shape index (κ1) is 13.4. The average molecular weight is 283 g/mol. The topological polar surface area (TPSA) is 60.2 Å². The van der Waals surface area contributed by atoms with Crippen LogP contribution in [0.25, 0.3) is 16.7 Å². The summed E-state index contributed by atoms with van der Waals surface area (Å²) in [6.45, 7) is 4.67. The average Bonchev–Trinajstić information content (AvgIpc) is 2.87. The summed E-state index contributed by atoms with van der Waals surface area (Å²) in [5.41, 5.74) is 3.05. The predicted molar refractivity (Wildman–Crippen MR) is 81.1 cm³/mol. The second-order valence-electron chi connectivity index (χ2n) is 4.98. The largest absolute Gasteiger partial charge is 0.506 e. The highest BCUT2D eigenvalue weighted by Gasteiger charge is 2.09. The van der Waals surface area contributed by atoms with Crippen molar-refractivity contribution in [3.8, 4) is 17.2 Å². The standard InChI is InChI=1S/C16H17N3O2/c1-3-8-21-12-5-6-13-14(10-12)18-19(17-13)15-7-4-11(2)9-16(15)20/h4-7,9-10,20H,3,8H2,1-2H3. The van der Waals surface area contributed by atoms with Gasteiger partial charge in [-0.3, -0.25) is 0 Å². The second-order valence-corrected chi connectivity index (χ2v) is 4.98. The number of phenolic OH excluding ortho intramolecular Hbond substituents is 1. The highest BCUT2D eigenvalue weighted by atomic mass is 16.5. The number of aryl methyl sites for hydroxylation is 1. The lowest BCUT2D eigenvalue weighted by molar-refractivity contribution is 0.318. The predicted octanol–water partition coefficient (Wildman–Crippen LogP) is 3.22. The van der Waals surface area contributed by atoms with Crippen LogP contribution in [0.15, 0.2) is 36.4 Å². The number of rotatable bonds is 4. The van der Waals surface area contributed by atoms with Crippen LogP contribution in [0.3, 0.4) is 0 Å². The molecule has 0 aliphatic heterocycles. The van der Waals surface area contributed by atoms with Gasteiger partial charge in [0.25, 0.3) is 0 Å². The molecule has 3 rings (SSSR count). The Bertz CT molecular complexity index is 780. The molecule has 0 atom stereocenters. The van der Waals surface area contributed by atoms with Gasteiger partial charge in [-0.1, -0.05) is 13.0 Å². The van der Waals surface area contributed by atoms with E-state index in [4.69, 9.17) is 4.74 Å². The van der Waals surface area contributed by atoms with E-state index in [1.165, 1.54) is 4.80 Å². The van der Waals surface area contributed by atoms with Crippen LogP contribution >= 0.6 is 0 Å². The van der Waals surface area contributed by atoms with Crippen LogP contribution in [0.1, 0.15) is 18.9 Å². The summed E-state index contributed by atoms with van der Waals surface area (Å²) >= 11 is 0. The van der Waals surface area contributed by atoms with Gasteiger partial charge < -0.3 is 9.84 Å². The van der Waals surface area contributed by atoms with Crippen molar-refractivity contribution in [1.29, 1.82) is 0 Å². The summed E-state index contributed by atoms with van der Waals surface area (Å²) in [6.07, 6.45) is 0.960. The Morgan fingerprint density at radius 2 is 1.90 bits per heavy atom. The highest BCUT2D eigenvalue weighted by molar-refractivity contribution is 5.75. The molecule has 0 saturated heterocycles. The van der Waals surface area contributed by atoms with Crippen LogP contribution in [0.5, 0.6) is 11.5 Å². The van der Waals surface area contributed by atoms with E-state index in [-0.39, 0.29) is 5.75 Å². The minimum atomic E-state index is 0.165. The molecule has 21 heavy (non-hydrogen) atoms. The Labute approximate surface area is 122 Å². The van der Waals surface area contributed by atoms with Crippen LogP contribution in [-0.2, 0) is 0 Å². The number of fused-ring (bicyclic) bond motifs is 1. The van der Waals surface area contributed by atoms with E-state index in [2.05, 4.69) is 17.1 Å². The highest BCUT2D eigenvalue weighted by Crippen LogP contribution is 2.24. The zero-order valence-electron chi connectivity index (χ0n) is 12.1. The van der Waals surface area contributed by atoms with Crippen molar-refractivity contribution in [1.82, 2.24) is 15.0 Å². The van der Waals surface area contributed by atoms with E-state index in [0.717, 1.165) is 28.8 Å². The number of benzene rings is 2. The molecule has 0 fully saturated rings. The molecule has 108 valence electrons. The lowest BCUT2D eigenvalue weighted by Crippen LogP contribution is -1.98. The Hall–Kier alpha value is -2.56. The molecule has 5 heteroatoms. The fourth-order valence-electron chi connectivity index (χ4n) is 2.11. The minimum absolute atomic E-state index is 0.165. The summed E-state index contributed by atoms with van der Waals surface area (Å²) in [5.74, 6) is 0.947. The first-order valence-electron chi connectivity index (χ1n) is 6.97. The maximum atomic E-state index is 10.0. The van der Waals surface area contributed by atoms with Gasteiger partial charge >= 0.3 is 0 Å². The molecule has 0 aliphatic carbocycles. The van der Waals surface area contributed by atoms with Crippen molar-refractivity contribution >= 4 is 11.0 Å². The van der Waals surface area contributed by atoms with Gasteiger partial charge in [-0.15, -0.1) is 15.0 Å². The molecule has 1 N–H and O–H groups in total. The summed E-state index contributed by atoms with van der Waals surface area (Å²) in [7, 11) is 0. The monoisotopic (exact) mass is 283 g/mol. The molecular formula is C16H17N3O2. The quantitative estimate of drug-likeness (QED) is 0.798. The smallest absolute Gasteiger partial charge is 0.143 e. The van der Waals surface area contributed by atoms with Gasteiger partial charge in [-0.2, -0.15) is 0 Å². The summed E-state index contributed by atoms with van der Waals surface area (Å²) in [5, 5.41) is 18.8. The van der Waals surface area contributed by atoms with Crippen molar-refractivity contribution < 1.29 is 9.84 Å². The van der Waals surface area contributed by atoms with Crippen molar-refractivity contribution in [2.75, 3.05) is 6.61 Å². The summed E-state index contributed by atoms with van der Waals surface area (Å²) in [6, 6.07) is 11.0. The van der Waals surface area contributed by atoms with Gasteiger partial charge in [0, 0.05) is 6.07 Å². The maximum Gasteiger partial charge on any atom is 0.143 e. The molecule has 0 bridgehead atoms. The van der Waals surface area contributed by atoms with Gasteiger partial charge in [0.1, 0.15) is 28.2 Å². The number of ether oxygens (including phenoxy) is 1.